The number of rotatable bonds is 3. The lowest BCUT2D eigenvalue weighted by atomic mass is 9.78. The maximum atomic E-state index is 12.7. The van der Waals surface area contributed by atoms with Crippen molar-refractivity contribution >= 4 is 17.8 Å². The number of hydrogen-bond acceptors (Lipinski definition) is 3. The Balaban J connectivity index is 2.27. The molecule has 2 rings (SSSR count). The molecule has 0 atom stereocenters. The second-order valence-corrected chi connectivity index (χ2v) is 7.08. The van der Waals surface area contributed by atoms with E-state index in [4.69, 9.17) is 0 Å². The van der Waals surface area contributed by atoms with Crippen LogP contribution in [0.2, 0.25) is 0 Å². The average Bonchev–Trinajstić information content (AvgIpc) is 2.83. The van der Waals surface area contributed by atoms with E-state index in [1.54, 1.807) is 0 Å². The first-order valence-corrected chi connectivity index (χ1v) is 7.38. The normalized spacial score (nSPS) is 22.9. The molecule has 1 N–H and O–H groups in total. The molecule has 1 aliphatic heterocycles. The number of urea groups is 1. The van der Waals surface area contributed by atoms with Gasteiger partial charge in [-0.2, -0.15) is 0 Å². The van der Waals surface area contributed by atoms with Gasteiger partial charge in [0.1, 0.15) is 5.41 Å². The van der Waals surface area contributed by atoms with Crippen molar-refractivity contribution in [2.75, 3.05) is 6.54 Å². The van der Waals surface area contributed by atoms with Crippen LogP contribution in [-0.2, 0) is 9.59 Å². The van der Waals surface area contributed by atoms with Crippen LogP contribution in [0.3, 0.4) is 0 Å². The van der Waals surface area contributed by atoms with Crippen LogP contribution in [-0.4, -0.2) is 29.3 Å². The van der Waals surface area contributed by atoms with Gasteiger partial charge in [-0.3, -0.25) is 19.8 Å². The Morgan fingerprint density at radius 2 is 1.75 bits per heavy atom. The number of barbiturate groups is 1. The zero-order chi connectivity index (χ0) is 15.1. The number of hydrogen-bond donors (Lipinski definition) is 1. The molecule has 2 fully saturated rings. The second kappa shape index (κ2) is 4.86. The number of nitrogens with one attached hydrogen (secondary N) is 1. The fraction of sp³-hybridized carbons (Fsp3) is 0.800. The van der Waals surface area contributed by atoms with Gasteiger partial charge >= 0.3 is 6.03 Å². The summed E-state index contributed by atoms with van der Waals surface area (Å²) < 4.78 is 0. The number of nitrogens with zero attached hydrogens (tertiary/aromatic N) is 1. The van der Waals surface area contributed by atoms with Gasteiger partial charge < -0.3 is 0 Å². The van der Waals surface area contributed by atoms with Crippen molar-refractivity contribution in [1.82, 2.24) is 10.2 Å². The summed E-state index contributed by atoms with van der Waals surface area (Å²) in [5, 5.41) is 2.38. The molecular weight excluding hydrogens is 256 g/mol. The Labute approximate surface area is 120 Å². The van der Waals surface area contributed by atoms with Crippen molar-refractivity contribution in [3.63, 3.8) is 0 Å². The highest BCUT2D eigenvalue weighted by molar-refractivity contribution is 6.19. The van der Waals surface area contributed by atoms with Gasteiger partial charge in [-0.25, -0.2) is 4.79 Å². The molecule has 1 heterocycles. The third-order valence-electron chi connectivity index (χ3n) is 5.14. The van der Waals surface area contributed by atoms with Crippen LogP contribution in [0, 0.1) is 16.7 Å². The van der Waals surface area contributed by atoms with E-state index in [9.17, 15) is 14.4 Å². The first-order valence-electron chi connectivity index (χ1n) is 7.38. The van der Waals surface area contributed by atoms with Crippen LogP contribution in [0.25, 0.3) is 0 Å². The maximum Gasteiger partial charge on any atom is 0.330 e. The maximum absolute atomic E-state index is 12.7. The van der Waals surface area contributed by atoms with Crippen molar-refractivity contribution in [2.24, 2.45) is 16.7 Å². The number of carbonyl (C=O) groups is 3. The van der Waals surface area contributed by atoms with Gasteiger partial charge in [0.15, 0.2) is 0 Å². The lowest BCUT2D eigenvalue weighted by Crippen LogP contribution is -2.64. The monoisotopic (exact) mass is 280 g/mol. The minimum absolute atomic E-state index is 0.173. The minimum Gasteiger partial charge on any atom is -0.277 e. The third-order valence-corrected chi connectivity index (χ3v) is 5.14. The first kappa shape index (κ1) is 15.0. The topological polar surface area (TPSA) is 66.5 Å². The van der Waals surface area contributed by atoms with Gasteiger partial charge in [0.05, 0.1) is 0 Å². The Bertz CT molecular complexity index is 448. The van der Waals surface area contributed by atoms with Crippen molar-refractivity contribution in [3.05, 3.63) is 0 Å². The molecule has 5 heteroatoms. The molecule has 112 valence electrons. The molecule has 4 amide bonds. The van der Waals surface area contributed by atoms with Crippen molar-refractivity contribution in [1.29, 1.82) is 0 Å². The molecule has 0 unspecified atom stereocenters. The van der Waals surface area contributed by atoms with E-state index in [2.05, 4.69) is 19.2 Å². The van der Waals surface area contributed by atoms with Crippen LogP contribution >= 0.6 is 0 Å². The van der Waals surface area contributed by atoms with E-state index in [0.29, 0.717) is 25.3 Å². The van der Waals surface area contributed by atoms with E-state index in [1.165, 1.54) is 4.90 Å². The summed E-state index contributed by atoms with van der Waals surface area (Å²) in [7, 11) is 0. The van der Waals surface area contributed by atoms with Crippen molar-refractivity contribution < 1.29 is 14.4 Å². The van der Waals surface area contributed by atoms with Crippen LogP contribution in [0.1, 0.15) is 53.4 Å². The van der Waals surface area contributed by atoms with Gasteiger partial charge in [0.25, 0.3) is 0 Å². The van der Waals surface area contributed by atoms with E-state index in [1.807, 2.05) is 13.8 Å². The molecule has 1 saturated carbocycles. The highest BCUT2D eigenvalue weighted by Crippen LogP contribution is 2.42. The molecule has 0 aromatic carbocycles. The van der Waals surface area contributed by atoms with E-state index >= 15 is 0 Å². The van der Waals surface area contributed by atoms with Crippen molar-refractivity contribution in [3.8, 4) is 0 Å². The molecule has 1 aliphatic carbocycles. The molecule has 0 radical (unpaired) electrons. The summed E-state index contributed by atoms with van der Waals surface area (Å²) in [5.41, 5.74) is -1.16. The largest absolute Gasteiger partial charge is 0.330 e. The molecular formula is C15H24N2O3. The van der Waals surface area contributed by atoms with Gasteiger partial charge in [-0.1, -0.05) is 40.5 Å². The highest BCUT2D eigenvalue weighted by Gasteiger charge is 2.55. The van der Waals surface area contributed by atoms with Gasteiger partial charge in [0.2, 0.25) is 11.8 Å². The number of carbonyl (C=O) groups excluding carboxylic acids is 3. The zero-order valence-electron chi connectivity index (χ0n) is 12.8. The van der Waals surface area contributed by atoms with Gasteiger partial charge in [-0.05, 0) is 24.2 Å². The summed E-state index contributed by atoms with van der Waals surface area (Å²) in [6.45, 7) is 8.57. The minimum atomic E-state index is -0.985. The second-order valence-electron chi connectivity index (χ2n) is 7.08. The van der Waals surface area contributed by atoms with Crippen LogP contribution < -0.4 is 5.32 Å². The lowest BCUT2D eigenvalue weighted by molar-refractivity contribution is -0.152. The Kier molecular flexibility index (Phi) is 3.65. The Morgan fingerprint density at radius 3 is 2.25 bits per heavy atom. The molecule has 5 nitrogen and oxygen atoms in total. The number of imide groups is 2. The van der Waals surface area contributed by atoms with Crippen LogP contribution in [0.5, 0.6) is 0 Å². The SMILES string of the molecule is CC(C)C(C)(C)CN1C(=O)NC(=O)C2(CCCC2)C1=O. The molecule has 1 saturated heterocycles. The standard InChI is InChI=1S/C15H24N2O3/c1-10(2)14(3,4)9-17-12(19)15(7-5-6-8-15)11(18)16-13(17)20/h10H,5-9H2,1-4H3,(H,16,18,20). The summed E-state index contributed by atoms with van der Waals surface area (Å²) in [6.07, 6.45) is 2.86. The molecule has 0 aromatic rings. The lowest BCUT2D eigenvalue weighted by Gasteiger charge is -2.41. The van der Waals surface area contributed by atoms with Crippen LogP contribution in [0.15, 0.2) is 0 Å². The number of amides is 4. The fourth-order valence-corrected chi connectivity index (χ4v) is 2.89. The molecule has 20 heavy (non-hydrogen) atoms. The highest BCUT2D eigenvalue weighted by atomic mass is 16.2. The van der Waals surface area contributed by atoms with E-state index in [-0.39, 0.29) is 11.3 Å². The Morgan fingerprint density at radius 1 is 1.20 bits per heavy atom. The quantitative estimate of drug-likeness (QED) is 0.807. The third kappa shape index (κ3) is 2.23. The average molecular weight is 280 g/mol. The van der Waals surface area contributed by atoms with Crippen molar-refractivity contribution in [2.45, 2.75) is 53.4 Å². The molecule has 0 aromatic heterocycles. The fourth-order valence-electron chi connectivity index (χ4n) is 2.89. The molecule has 2 aliphatic rings. The summed E-state index contributed by atoms with van der Waals surface area (Å²) in [5.74, 6) is -0.360. The summed E-state index contributed by atoms with van der Waals surface area (Å²) in [4.78, 5) is 38.1. The van der Waals surface area contributed by atoms with Crippen LogP contribution in [0.4, 0.5) is 4.79 Å². The predicted octanol–water partition coefficient (Wildman–Crippen LogP) is 2.31. The molecule has 1 spiro atoms. The van der Waals surface area contributed by atoms with Gasteiger partial charge in [0, 0.05) is 6.54 Å². The van der Waals surface area contributed by atoms with Gasteiger partial charge in [-0.15, -0.1) is 0 Å². The smallest absolute Gasteiger partial charge is 0.277 e. The van der Waals surface area contributed by atoms with E-state index in [0.717, 1.165) is 12.8 Å². The molecule has 0 bridgehead atoms. The predicted molar refractivity (Wildman–Crippen MR) is 74.8 cm³/mol. The van der Waals surface area contributed by atoms with E-state index < -0.39 is 17.4 Å². The zero-order valence-corrected chi connectivity index (χ0v) is 12.8. The summed E-state index contributed by atoms with van der Waals surface area (Å²) >= 11 is 0. The summed E-state index contributed by atoms with van der Waals surface area (Å²) in [6, 6.07) is -0.564. The first-order chi connectivity index (χ1) is 9.20. The Hall–Kier alpha value is -1.39.